The van der Waals surface area contributed by atoms with Gasteiger partial charge in [0, 0.05) is 23.2 Å². The monoisotopic (exact) mass is 569 g/mol. The third-order valence-electron chi connectivity index (χ3n) is 6.43. The summed E-state index contributed by atoms with van der Waals surface area (Å²) in [5.41, 5.74) is 0.208. The highest BCUT2D eigenvalue weighted by atomic mass is 16.7. The molecule has 0 fully saturated rings. The van der Waals surface area contributed by atoms with Gasteiger partial charge in [-0.1, -0.05) is 25.1 Å². The number of nitro benzene ring substituents is 1. The molecular formula is C28H31N3O10. The van der Waals surface area contributed by atoms with Crippen LogP contribution >= 0.6 is 0 Å². The quantitative estimate of drug-likeness (QED) is 0.108. The van der Waals surface area contributed by atoms with Gasteiger partial charge >= 0.3 is 18.2 Å². The molecule has 2 N–H and O–H groups in total. The van der Waals surface area contributed by atoms with Gasteiger partial charge < -0.3 is 24.3 Å². The van der Waals surface area contributed by atoms with E-state index >= 15 is 0 Å². The SMILES string of the molecule is COC(=O)CNC(=O)[C@]1(C)CC/C=C\[C@H](OC(=O)Nc2ccc(COC(=O)Oc3ccc([N+](=O)[O-])cc3)cc2)CC1. The predicted molar refractivity (Wildman–Crippen MR) is 145 cm³/mol. The number of carbonyl (C=O) groups excluding carboxylic acids is 4. The van der Waals surface area contributed by atoms with Crippen molar-refractivity contribution in [3.63, 3.8) is 0 Å². The molecule has 0 aliphatic heterocycles. The van der Waals surface area contributed by atoms with Gasteiger partial charge in [-0.3, -0.25) is 25.0 Å². The smallest absolute Gasteiger partial charge is 0.468 e. The molecule has 2 aromatic carbocycles. The lowest BCUT2D eigenvalue weighted by atomic mass is 9.78. The summed E-state index contributed by atoms with van der Waals surface area (Å²) in [6.07, 6.45) is 3.52. The molecule has 0 bridgehead atoms. The van der Waals surface area contributed by atoms with Crippen LogP contribution in [0.1, 0.15) is 38.2 Å². The van der Waals surface area contributed by atoms with Crippen molar-refractivity contribution in [1.29, 1.82) is 0 Å². The lowest BCUT2D eigenvalue weighted by molar-refractivity contribution is -0.384. The van der Waals surface area contributed by atoms with Crippen molar-refractivity contribution < 1.29 is 43.0 Å². The summed E-state index contributed by atoms with van der Waals surface area (Å²) in [7, 11) is 1.25. The molecule has 0 heterocycles. The van der Waals surface area contributed by atoms with Gasteiger partial charge in [0.1, 0.15) is 25.0 Å². The second kappa shape index (κ2) is 14.4. The zero-order valence-corrected chi connectivity index (χ0v) is 22.6. The van der Waals surface area contributed by atoms with E-state index in [0.29, 0.717) is 36.9 Å². The summed E-state index contributed by atoms with van der Waals surface area (Å²) in [4.78, 5) is 58.6. The van der Waals surface area contributed by atoms with Gasteiger partial charge in [0.15, 0.2) is 0 Å². The van der Waals surface area contributed by atoms with Crippen LogP contribution in [0.25, 0.3) is 0 Å². The number of non-ortho nitro benzene ring substituents is 1. The number of nitrogens with one attached hydrogen (secondary N) is 2. The first kappa shape index (κ1) is 30.6. The molecule has 2 aromatic rings. The Kier molecular flexibility index (Phi) is 10.8. The third-order valence-corrected chi connectivity index (χ3v) is 6.43. The number of hydrogen-bond acceptors (Lipinski definition) is 10. The molecule has 1 aliphatic carbocycles. The highest BCUT2D eigenvalue weighted by Crippen LogP contribution is 2.33. The van der Waals surface area contributed by atoms with Crippen LogP contribution in [-0.4, -0.2) is 48.8 Å². The summed E-state index contributed by atoms with van der Waals surface area (Å²) in [5.74, 6) is -0.692. The summed E-state index contributed by atoms with van der Waals surface area (Å²) in [6, 6.07) is 11.5. The molecule has 3 rings (SSSR count). The number of hydrogen-bond donors (Lipinski definition) is 2. The van der Waals surface area contributed by atoms with Gasteiger partial charge in [0.25, 0.3) is 5.69 Å². The first-order valence-electron chi connectivity index (χ1n) is 12.8. The Labute approximate surface area is 235 Å². The van der Waals surface area contributed by atoms with Crippen LogP contribution in [0.15, 0.2) is 60.7 Å². The topological polar surface area (TPSA) is 172 Å². The Morgan fingerprint density at radius 3 is 2.41 bits per heavy atom. The molecule has 1 aliphatic rings. The van der Waals surface area contributed by atoms with E-state index in [1.165, 1.54) is 31.4 Å². The zero-order chi connectivity index (χ0) is 29.8. The lowest BCUT2D eigenvalue weighted by Gasteiger charge is -2.30. The van der Waals surface area contributed by atoms with Gasteiger partial charge in [-0.2, -0.15) is 0 Å². The molecule has 0 saturated heterocycles. The number of rotatable bonds is 9. The summed E-state index contributed by atoms with van der Waals surface area (Å²) in [6.45, 7) is 1.51. The molecule has 2 atom stereocenters. The van der Waals surface area contributed by atoms with Crippen LogP contribution in [0.5, 0.6) is 5.75 Å². The van der Waals surface area contributed by atoms with E-state index < -0.39 is 34.7 Å². The number of methoxy groups -OCH3 is 1. The summed E-state index contributed by atoms with van der Waals surface area (Å²) < 4.78 is 20.1. The first-order chi connectivity index (χ1) is 19.6. The highest BCUT2D eigenvalue weighted by Gasteiger charge is 2.34. The average molecular weight is 570 g/mol. The standard InChI is InChI=1S/C28H31N3O10/c1-28(25(33)29-17-24(32)38-2)15-4-3-5-22(14-16-28)40-26(34)30-20-8-6-19(7-9-20)18-39-27(35)41-23-12-10-21(11-13-23)31(36)37/h3,5-13,22H,4,14-18H2,1-2H3,(H,29,33)(H,30,34)/b5-3-/t22-,28+/m0/s1. The zero-order valence-electron chi connectivity index (χ0n) is 22.6. The van der Waals surface area contributed by atoms with E-state index in [1.54, 1.807) is 30.3 Å². The van der Waals surface area contributed by atoms with Crippen molar-refractivity contribution in [3.05, 3.63) is 76.4 Å². The molecule has 13 nitrogen and oxygen atoms in total. The third kappa shape index (κ3) is 9.64. The Balaban J connectivity index is 1.44. The van der Waals surface area contributed by atoms with E-state index in [9.17, 15) is 29.3 Å². The van der Waals surface area contributed by atoms with E-state index in [2.05, 4.69) is 15.4 Å². The molecule has 13 heteroatoms. The second-order valence-electron chi connectivity index (χ2n) is 9.48. The van der Waals surface area contributed by atoms with Crippen LogP contribution in [0.2, 0.25) is 0 Å². The van der Waals surface area contributed by atoms with Crippen molar-refractivity contribution in [3.8, 4) is 5.75 Å². The molecule has 0 spiro atoms. The van der Waals surface area contributed by atoms with Crippen LogP contribution in [-0.2, 0) is 30.4 Å². The Hall–Kier alpha value is -4.94. The van der Waals surface area contributed by atoms with E-state index in [0.717, 1.165) is 0 Å². The Morgan fingerprint density at radius 2 is 1.76 bits per heavy atom. The molecular weight excluding hydrogens is 538 g/mol. The van der Waals surface area contributed by atoms with Crippen molar-refractivity contribution >= 4 is 35.5 Å². The number of nitrogens with zero attached hydrogens (tertiary/aromatic N) is 1. The van der Waals surface area contributed by atoms with E-state index in [4.69, 9.17) is 14.2 Å². The lowest BCUT2D eigenvalue weighted by Crippen LogP contribution is -2.42. The molecule has 0 radical (unpaired) electrons. The number of benzene rings is 2. The number of nitro groups is 1. The summed E-state index contributed by atoms with van der Waals surface area (Å²) in [5, 5.41) is 15.9. The van der Waals surface area contributed by atoms with Crippen LogP contribution in [0.4, 0.5) is 21.0 Å². The molecule has 218 valence electrons. The maximum atomic E-state index is 12.7. The van der Waals surface area contributed by atoms with Crippen molar-refractivity contribution in [2.75, 3.05) is 19.0 Å². The average Bonchev–Trinajstić information content (AvgIpc) is 2.95. The Bertz CT molecular complexity index is 1280. The van der Waals surface area contributed by atoms with Crippen LogP contribution in [0, 0.1) is 15.5 Å². The van der Waals surface area contributed by atoms with Crippen LogP contribution < -0.4 is 15.4 Å². The van der Waals surface area contributed by atoms with Gasteiger partial charge in [0.2, 0.25) is 5.91 Å². The highest BCUT2D eigenvalue weighted by molar-refractivity contribution is 5.86. The molecule has 2 amide bonds. The number of allylic oxidation sites excluding steroid dienone is 1. The fourth-order valence-corrected chi connectivity index (χ4v) is 3.97. The molecule has 0 saturated carbocycles. The fourth-order valence-electron chi connectivity index (χ4n) is 3.97. The predicted octanol–water partition coefficient (Wildman–Crippen LogP) is 4.65. The van der Waals surface area contributed by atoms with Crippen molar-refractivity contribution in [2.24, 2.45) is 5.41 Å². The van der Waals surface area contributed by atoms with E-state index in [-0.39, 0.29) is 30.5 Å². The van der Waals surface area contributed by atoms with Crippen molar-refractivity contribution in [1.82, 2.24) is 5.32 Å². The number of amides is 2. The van der Waals surface area contributed by atoms with Gasteiger partial charge in [-0.25, -0.2) is 9.59 Å². The van der Waals surface area contributed by atoms with Crippen LogP contribution in [0.3, 0.4) is 0 Å². The maximum absolute atomic E-state index is 12.7. The van der Waals surface area contributed by atoms with E-state index in [1.807, 2.05) is 13.0 Å². The first-order valence-corrected chi connectivity index (χ1v) is 12.8. The largest absolute Gasteiger partial charge is 0.514 e. The second-order valence-corrected chi connectivity index (χ2v) is 9.48. The fraction of sp³-hybridized carbons (Fsp3) is 0.357. The molecule has 0 unspecified atom stereocenters. The Morgan fingerprint density at radius 1 is 1.05 bits per heavy atom. The van der Waals surface area contributed by atoms with Gasteiger partial charge in [-0.15, -0.1) is 0 Å². The maximum Gasteiger partial charge on any atom is 0.514 e. The normalized spacial score (nSPS) is 18.9. The summed E-state index contributed by atoms with van der Waals surface area (Å²) >= 11 is 0. The minimum Gasteiger partial charge on any atom is -0.468 e. The number of carbonyl (C=O) groups is 4. The minimum atomic E-state index is -0.978. The molecule has 41 heavy (non-hydrogen) atoms. The van der Waals surface area contributed by atoms with Gasteiger partial charge in [0.05, 0.1) is 12.0 Å². The number of esters is 1. The van der Waals surface area contributed by atoms with Crippen molar-refractivity contribution in [2.45, 2.75) is 45.3 Å². The van der Waals surface area contributed by atoms with Gasteiger partial charge in [-0.05, 0) is 61.6 Å². The number of ether oxygens (including phenoxy) is 4. The minimum absolute atomic E-state index is 0.101. The molecule has 0 aromatic heterocycles. The number of anilines is 1.